The fourth-order valence-corrected chi connectivity index (χ4v) is 2.18. The lowest BCUT2D eigenvalue weighted by molar-refractivity contribution is 0.337. The summed E-state index contributed by atoms with van der Waals surface area (Å²) in [5.41, 5.74) is 0.522. The molecule has 6 nitrogen and oxygen atoms in total. The van der Waals surface area contributed by atoms with Crippen molar-refractivity contribution in [1.29, 1.82) is 5.39 Å². The van der Waals surface area contributed by atoms with Crippen LogP contribution in [-0.4, -0.2) is 23.6 Å². The Balaban J connectivity index is 2.38. The van der Waals surface area contributed by atoms with Crippen LogP contribution in [0.5, 0.6) is 5.75 Å². The zero-order valence-corrected chi connectivity index (χ0v) is 13.0. The van der Waals surface area contributed by atoms with Crippen LogP contribution < -0.4 is 10.2 Å². The second-order valence-corrected chi connectivity index (χ2v) is 5.14. The summed E-state index contributed by atoms with van der Waals surface area (Å²) in [5.74, 6) is 0.280. The number of pyridine rings is 1. The summed E-state index contributed by atoms with van der Waals surface area (Å²) in [6, 6.07) is 1.47. The molecule has 0 unspecified atom stereocenters. The van der Waals surface area contributed by atoms with Gasteiger partial charge in [-0.3, -0.25) is 4.79 Å². The van der Waals surface area contributed by atoms with Crippen LogP contribution in [0.1, 0.15) is 51.1 Å². The molecule has 0 aromatic carbocycles. The van der Waals surface area contributed by atoms with Crippen molar-refractivity contribution in [2.45, 2.75) is 52.0 Å². The summed E-state index contributed by atoms with van der Waals surface area (Å²) in [6.07, 6.45) is 8.63. The summed E-state index contributed by atoms with van der Waals surface area (Å²) < 4.78 is 4.91. The van der Waals surface area contributed by atoms with Gasteiger partial charge in [0.05, 0.1) is 13.7 Å². The zero-order chi connectivity index (χ0) is 15.5. The van der Waals surface area contributed by atoms with Gasteiger partial charge in [0.15, 0.2) is 5.75 Å². The zero-order valence-electron chi connectivity index (χ0n) is 13.0. The number of aromatic amines is 1. The molecule has 0 aliphatic heterocycles. The van der Waals surface area contributed by atoms with E-state index in [-0.39, 0.29) is 11.2 Å². The number of aromatic nitrogens is 1. The molecule has 21 heavy (non-hydrogen) atoms. The molecular weight excluding hydrogens is 268 g/mol. The number of methoxy groups -OCH3 is 1. The Morgan fingerprint density at radius 3 is 2.62 bits per heavy atom. The van der Waals surface area contributed by atoms with Crippen LogP contribution in [0.3, 0.4) is 0 Å². The average molecular weight is 293 g/mol. The van der Waals surface area contributed by atoms with Gasteiger partial charge in [-0.2, -0.15) is 0 Å². The lowest BCUT2D eigenvalue weighted by atomic mass is 10.1. The van der Waals surface area contributed by atoms with Crippen molar-refractivity contribution in [1.82, 2.24) is 9.99 Å². The number of rotatable bonds is 10. The molecule has 0 aliphatic carbocycles. The third-order valence-electron chi connectivity index (χ3n) is 3.41. The molecule has 6 heteroatoms. The molecule has 0 aliphatic rings. The third-order valence-corrected chi connectivity index (χ3v) is 3.41. The molecule has 0 saturated heterocycles. The van der Waals surface area contributed by atoms with Crippen molar-refractivity contribution in [3.63, 3.8) is 0 Å². The van der Waals surface area contributed by atoms with Gasteiger partial charge < -0.3 is 9.72 Å². The maximum atomic E-state index is 11.6. The summed E-state index contributed by atoms with van der Waals surface area (Å²) in [7, 11) is 1.46. The first kappa shape index (κ1) is 17.0. The van der Waals surface area contributed by atoms with Gasteiger partial charge in [0.25, 0.3) is 5.39 Å². The first-order valence-electron chi connectivity index (χ1n) is 7.56. The monoisotopic (exact) mass is 293 g/mol. The van der Waals surface area contributed by atoms with E-state index >= 15 is 0 Å². The quantitative estimate of drug-likeness (QED) is 0.408. The first-order valence-corrected chi connectivity index (χ1v) is 7.56. The highest BCUT2D eigenvalue weighted by Gasteiger charge is 2.14. The van der Waals surface area contributed by atoms with Crippen molar-refractivity contribution in [2.24, 2.45) is 0 Å². The van der Waals surface area contributed by atoms with Gasteiger partial charge in [-0.1, -0.05) is 39.0 Å². The highest BCUT2D eigenvalue weighted by molar-refractivity contribution is 5.20. The topological polar surface area (TPSA) is 73.5 Å². The van der Waals surface area contributed by atoms with Crippen LogP contribution in [0.2, 0.25) is 0 Å². The Kier molecular flexibility index (Phi) is 7.95. The summed E-state index contributed by atoms with van der Waals surface area (Å²) in [4.78, 5) is 14.6. The van der Waals surface area contributed by atoms with Gasteiger partial charge in [0, 0.05) is 18.0 Å². The number of nitrogens with zero attached hydrogens (tertiary/aromatic N) is 3. The van der Waals surface area contributed by atoms with E-state index in [0.29, 0.717) is 18.8 Å². The van der Waals surface area contributed by atoms with Gasteiger partial charge in [0.2, 0.25) is 5.43 Å². The highest BCUT2D eigenvalue weighted by atomic mass is 16.5. The maximum absolute atomic E-state index is 11.6. The van der Waals surface area contributed by atoms with Gasteiger partial charge in [0.1, 0.15) is 6.54 Å². The fraction of sp³-hybridized carbons (Fsp3) is 0.667. The molecule has 0 amide bonds. The minimum absolute atomic E-state index is 0.177. The van der Waals surface area contributed by atoms with Gasteiger partial charge in [-0.05, 0) is 11.4 Å². The first-order chi connectivity index (χ1) is 10.2. The molecule has 1 aromatic rings. The van der Waals surface area contributed by atoms with Gasteiger partial charge in [-0.25, -0.2) is 0 Å². The van der Waals surface area contributed by atoms with Crippen LogP contribution in [-0.2, 0) is 6.54 Å². The molecule has 0 spiro atoms. The normalized spacial score (nSPS) is 10.1. The molecule has 1 heterocycles. The van der Waals surface area contributed by atoms with E-state index in [1.807, 2.05) is 0 Å². The Labute approximate surface area is 125 Å². The average Bonchev–Trinajstić information content (AvgIpc) is 2.49. The second-order valence-electron chi connectivity index (χ2n) is 5.14. The van der Waals surface area contributed by atoms with Crippen LogP contribution in [0, 0.1) is 5.39 Å². The van der Waals surface area contributed by atoms with E-state index in [2.05, 4.69) is 17.0 Å². The number of ether oxygens (including phenoxy) is 1. The highest BCUT2D eigenvalue weighted by Crippen LogP contribution is 2.09. The standard InChI is InChI=1S/C15H24N4O2/c1-3-4-5-6-7-8-9-19(18-16)12-13-10-14(20)15(21-2)11-17-13/h10-11H,3-9,12H2,1-2H3/p+1. The largest absolute Gasteiger partial charge is 0.491 e. The Morgan fingerprint density at radius 2 is 2.00 bits per heavy atom. The number of unbranched alkanes of at least 4 members (excludes halogenated alkanes) is 5. The van der Waals surface area contributed by atoms with Gasteiger partial charge in [-0.15, -0.1) is 0 Å². The van der Waals surface area contributed by atoms with Crippen molar-refractivity contribution in [2.75, 3.05) is 13.7 Å². The van der Waals surface area contributed by atoms with Crippen LogP contribution in [0.4, 0.5) is 0 Å². The van der Waals surface area contributed by atoms with Crippen LogP contribution >= 0.6 is 0 Å². The summed E-state index contributed by atoms with van der Waals surface area (Å²) >= 11 is 0. The molecule has 116 valence electrons. The number of diazo groups is 1. The molecule has 0 radical (unpaired) electrons. The van der Waals surface area contributed by atoms with E-state index in [1.165, 1.54) is 45.1 Å². The number of nitrogens with one attached hydrogen (secondary N) is 1. The lowest BCUT2D eigenvalue weighted by Crippen LogP contribution is -2.18. The Morgan fingerprint density at radius 1 is 1.29 bits per heavy atom. The molecule has 0 atom stereocenters. The predicted octanol–water partition coefficient (Wildman–Crippen LogP) is 3.31. The molecule has 1 N–H and O–H groups in total. The van der Waals surface area contributed by atoms with E-state index in [0.717, 1.165) is 12.8 Å². The summed E-state index contributed by atoms with van der Waals surface area (Å²) in [5, 5.41) is 13.9. The number of H-pyrrole nitrogens is 1. The van der Waals surface area contributed by atoms with Crippen molar-refractivity contribution in [3.05, 3.63) is 33.3 Å². The van der Waals surface area contributed by atoms with E-state index in [4.69, 9.17) is 10.1 Å². The van der Waals surface area contributed by atoms with E-state index < -0.39 is 0 Å². The summed E-state index contributed by atoms with van der Waals surface area (Å²) in [6.45, 7) is 3.25. The molecular formula is C15H25N4O2+. The van der Waals surface area contributed by atoms with Crippen molar-refractivity contribution >= 4 is 0 Å². The number of hydrogen-bond donors (Lipinski definition) is 1. The van der Waals surface area contributed by atoms with E-state index in [9.17, 15) is 4.79 Å². The Bertz CT molecular complexity index is 507. The SMILES string of the molecule is CCCCCCCCN(Cc1cc(=O)c(OC)c[nH]1)[N+]#N. The number of hydrogen-bond acceptors (Lipinski definition) is 4. The molecule has 1 rings (SSSR count). The molecule has 0 fully saturated rings. The molecule has 0 saturated carbocycles. The Hall–Kier alpha value is -2.03. The van der Waals surface area contributed by atoms with Crippen LogP contribution in [0.15, 0.2) is 17.1 Å². The van der Waals surface area contributed by atoms with Crippen LogP contribution in [0.25, 0.3) is 5.08 Å². The second kappa shape index (κ2) is 9.81. The lowest BCUT2D eigenvalue weighted by Gasteiger charge is -2.06. The fourth-order valence-electron chi connectivity index (χ4n) is 2.18. The van der Waals surface area contributed by atoms with Crippen molar-refractivity contribution in [3.8, 4) is 5.75 Å². The third kappa shape index (κ3) is 6.30. The predicted molar refractivity (Wildman–Crippen MR) is 82.5 cm³/mol. The molecule has 1 aromatic heterocycles. The maximum Gasteiger partial charge on any atom is 0.305 e. The van der Waals surface area contributed by atoms with Gasteiger partial charge >= 0.3 is 5.08 Å². The van der Waals surface area contributed by atoms with Crippen molar-refractivity contribution < 1.29 is 4.74 Å². The minimum atomic E-state index is -0.177. The smallest absolute Gasteiger partial charge is 0.305 e. The van der Waals surface area contributed by atoms with E-state index in [1.54, 1.807) is 5.01 Å². The molecule has 0 bridgehead atoms. The minimum Gasteiger partial charge on any atom is -0.491 e.